The number of aryl methyl sites for hydroxylation is 2. The predicted molar refractivity (Wildman–Crippen MR) is 89.0 cm³/mol. The third kappa shape index (κ3) is 3.55. The van der Waals surface area contributed by atoms with E-state index in [2.05, 4.69) is 30.1 Å². The molecule has 1 aliphatic rings. The van der Waals surface area contributed by atoms with Crippen molar-refractivity contribution < 1.29 is 4.74 Å². The summed E-state index contributed by atoms with van der Waals surface area (Å²) in [5, 5.41) is 3.53. The second-order valence-electron chi connectivity index (χ2n) is 5.33. The van der Waals surface area contributed by atoms with Crippen LogP contribution in [-0.4, -0.2) is 6.61 Å². The summed E-state index contributed by atoms with van der Waals surface area (Å²) in [7, 11) is 0. The van der Waals surface area contributed by atoms with Gasteiger partial charge in [-0.2, -0.15) is 0 Å². The molecule has 0 fully saturated rings. The van der Waals surface area contributed by atoms with Crippen molar-refractivity contribution in [1.82, 2.24) is 5.32 Å². The Morgan fingerprint density at radius 3 is 3.00 bits per heavy atom. The van der Waals surface area contributed by atoms with E-state index < -0.39 is 0 Å². The molecule has 0 saturated heterocycles. The standard InChI is InChI=1S/C18H21NOS/c1-2-10-20-17-8-4-3-6-15(17)12-19-13-16-11-14-7-5-9-18(14)21-16/h2-4,6,8,11,19H,1,5,7,9-10,12-13H2. The summed E-state index contributed by atoms with van der Waals surface area (Å²) >= 11 is 1.97. The second kappa shape index (κ2) is 6.92. The van der Waals surface area contributed by atoms with Crippen molar-refractivity contribution in [2.24, 2.45) is 0 Å². The first kappa shape index (κ1) is 14.4. The van der Waals surface area contributed by atoms with E-state index in [0.717, 1.165) is 18.8 Å². The van der Waals surface area contributed by atoms with E-state index in [1.54, 1.807) is 16.5 Å². The van der Waals surface area contributed by atoms with Crippen LogP contribution < -0.4 is 10.1 Å². The van der Waals surface area contributed by atoms with E-state index in [0.29, 0.717) is 6.61 Å². The summed E-state index contributed by atoms with van der Waals surface area (Å²) in [6.45, 7) is 6.01. The molecule has 1 aromatic heterocycles. The van der Waals surface area contributed by atoms with Crippen molar-refractivity contribution in [3.8, 4) is 5.75 Å². The number of ether oxygens (including phenoxy) is 1. The van der Waals surface area contributed by atoms with Crippen molar-refractivity contribution in [1.29, 1.82) is 0 Å². The minimum absolute atomic E-state index is 0.550. The summed E-state index contributed by atoms with van der Waals surface area (Å²) in [6, 6.07) is 10.6. The van der Waals surface area contributed by atoms with Gasteiger partial charge in [-0.15, -0.1) is 11.3 Å². The van der Waals surface area contributed by atoms with Gasteiger partial charge in [0.05, 0.1) is 0 Å². The third-order valence-corrected chi connectivity index (χ3v) is 4.98. The normalized spacial score (nSPS) is 13.1. The molecule has 0 spiro atoms. The largest absolute Gasteiger partial charge is 0.489 e. The van der Waals surface area contributed by atoms with E-state index >= 15 is 0 Å². The van der Waals surface area contributed by atoms with Crippen LogP contribution in [0.15, 0.2) is 43.0 Å². The van der Waals surface area contributed by atoms with Crippen LogP contribution in [0.4, 0.5) is 0 Å². The number of nitrogens with one attached hydrogen (secondary N) is 1. The van der Waals surface area contributed by atoms with Gasteiger partial charge in [-0.3, -0.25) is 0 Å². The zero-order valence-electron chi connectivity index (χ0n) is 12.2. The Balaban J connectivity index is 1.56. The van der Waals surface area contributed by atoms with Crippen molar-refractivity contribution in [3.63, 3.8) is 0 Å². The minimum atomic E-state index is 0.550. The lowest BCUT2D eigenvalue weighted by molar-refractivity contribution is 0.358. The molecular formula is C18H21NOS. The SMILES string of the molecule is C=CCOc1ccccc1CNCc1cc2c(s1)CCC2. The number of hydrogen-bond acceptors (Lipinski definition) is 3. The van der Waals surface area contributed by atoms with Crippen LogP contribution in [0.25, 0.3) is 0 Å². The third-order valence-electron chi connectivity index (χ3n) is 3.74. The Kier molecular flexibility index (Phi) is 4.73. The average molecular weight is 299 g/mol. The number of thiophene rings is 1. The van der Waals surface area contributed by atoms with E-state index in [-0.39, 0.29) is 0 Å². The Labute approximate surface area is 130 Å². The zero-order valence-corrected chi connectivity index (χ0v) is 13.0. The molecule has 0 unspecified atom stereocenters. The number of rotatable bonds is 7. The molecule has 0 atom stereocenters. The quantitative estimate of drug-likeness (QED) is 0.777. The smallest absolute Gasteiger partial charge is 0.124 e. The number of benzene rings is 1. The lowest BCUT2D eigenvalue weighted by Crippen LogP contribution is -2.13. The first-order valence-corrected chi connectivity index (χ1v) is 8.31. The molecule has 2 nitrogen and oxygen atoms in total. The predicted octanol–water partition coefficient (Wildman–Crippen LogP) is 4.09. The van der Waals surface area contributed by atoms with E-state index in [4.69, 9.17) is 4.74 Å². The lowest BCUT2D eigenvalue weighted by Gasteiger charge is -2.10. The summed E-state index contributed by atoms with van der Waals surface area (Å²) < 4.78 is 5.68. The molecule has 3 heteroatoms. The molecule has 1 aromatic carbocycles. The number of para-hydroxylation sites is 1. The van der Waals surface area contributed by atoms with Gasteiger partial charge < -0.3 is 10.1 Å². The molecule has 0 radical (unpaired) electrons. The van der Waals surface area contributed by atoms with Crippen molar-refractivity contribution >= 4 is 11.3 Å². The van der Waals surface area contributed by atoms with Crippen LogP contribution in [0, 0.1) is 0 Å². The Bertz CT molecular complexity index is 596. The van der Waals surface area contributed by atoms with Gasteiger partial charge in [-0.05, 0) is 37.0 Å². The van der Waals surface area contributed by atoms with E-state index in [1.807, 2.05) is 23.5 Å². The fourth-order valence-electron chi connectivity index (χ4n) is 2.74. The van der Waals surface area contributed by atoms with Gasteiger partial charge in [-0.1, -0.05) is 30.9 Å². The monoisotopic (exact) mass is 299 g/mol. The van der Waals surface area contributed by atoms with Crippen LogP contribution in [0.5, 0.6) is 5.75 Å². The Morgan fingerprint density at radius 1 is 1.24 bits per heavy atom. The molecule has 0 bridgehead atoms. The highest BCUT2D eigenvalue weighted by Gasteiger charge is 2.14. The highest BCUT2D eigenvalue weighted by molar-refractivity contribution is 7.12. The second-order valence-corrected chi connectivity index (χ2v) is 6.55. The van der Waals surface area contributed by atoms with Crippen molar-refractivity contribution in [2.45, 2.75) is 32.4 Å². The first-order valence-electron chi connectivity index (χ1n) is 7.49. The molecule has 1 N–H and O–H groups in total. The van der Waals surface area contributed by atoms with Crippen molar-refractivity contribution in [3.05, 3.63) is 63.9 Å². The summed E-state index contributed by atoms with van der Waals surface area (Å²) in [5.74, 6) is 0.943. The van der Waals surface area contributed by atoms with E-state index in [1.165, 1.54) is 29.7 Å². The molecule has 0 aliphatic heterocycles. The fourth-order valence-corrected chi connectivity index (χ4v) is 3.97. The molecule has 110 valence electrons. The van der Waals surface area contributed by atoms with E-state index in [9.17, 15) is 0 Å². The maximum atomic E-state index is 5.68. The molecular weight excluding hydrogens is 278 g/mol. The number of hydrogen-bond donors (Lipinski definition) is 1. The topological polar surface area (TPSA) is 21.3 Å². The summed E-state index contributed by atoms with van der Waals surface area (Å²) in [5.41, 5.74) is 2.77. The van der Waals surface area contributed by atoms with Gasteiger partial charge in [0.1, 0.15) is 12.4 Å². The maximum Gasteiger partial charge on any atom is 0.124 e. The maximum absolute atomic E-state index is 5.68. The summed E-state index contributed by atoms with van der Waals surface area (Å²) in [6.07, 6.45) is 5.66. The van der Waals surface area contributed by atoms with Crippen LogP contribution >= 0.6 is 11.3 Å². The van der Waals surface area contributed by atoms with Crippen LogP contribution in [-0.2, 0) is 25.9 Å². The fraction of sp³-hybridized carbons (Fsp3) is 0.333. The van der Waals surface area contributed by atoms with Crippen molar-refractivity contribution in [2.75, 3.05) is 6.61 Å². The minimum Gasteiger partial charge on any atom is -0.489 e. The van der Waals surface area contributed by atoms with Gasteiger partial charge >= 0.3 is 0 Å². The van der Waals surface area contributed by atoms with Crippen LogP contribution in [0.3, 0.4) is 0 Å². The highest BCUT2D eigenvalue weighted by Crippen LogP contribution is 2.30. The van der Waals surface area contributed by atoms with Crippen LogP contribution in [0.1, 0.15) is 27.3 Å². The average Bonchev–Trinajstić information content (AvgIpc) is 3.07. The first-order chi connectivity index (χ1) is 10.4. The zero-order chi connectivity index (χ0) is 14.5. The molecule has 21 heavy (non-hydrogen) atoms. The molecule has 0 saturated carbocycles. The molecule has 0 amide bonds. The van der Waals surface area contributed by atoms with Gasteiger partial charge in [-0.25, -0.2) is 0 Å². The Morgan fingerprint density at radius 2 is 2.14 bits per heavy atom. The van der Waals surface area contributed by atoms with Gasteiger partial charge in [0.15, 0.2) is 0 Å². The Hall–Kier alpha value is -1.58. The number of fused-ring (bicyclic) bond motifs is 1. The van der Waals surface area contributed by atoms with Crippen LogP contribution in [0.2, 0.25) is 0 Å². The van der Waals surface area contributed by atoms with Gasteiger partial charge in [0, 0.05) is 28.4 Å². The molecule has 3 rings (SSSR count). The summed E-state index contributed by atoms with van der Waals surface area (Å²) in [4.78, 5) is 3.05. The van der Waals surface area contributed by atoms with Gasteiger partial charge in [0.2, 0.25) is 0 Å². The molecule has 2 aromatic rings. The molecule has 1 aliphatic carbocycles. The van der Waals surface area contributed by atoms with Gasteiger partial charge in [0.25, 0.3) is 0 Å². The molecule has 1 heterocycles. The highest BCUT2D eigenvalue weighted by atomic mass is 32.1. The lowest BCUT2D eigenvalue weighted by atomic mass is 10.2.